The zero-order valence-electron chi connectivity index (χ0n) is 10.3. The summed E-state index contributed by atoms with van der Waals surface area (Å²) in [5, 5.41) is 20.6. The second-order valence-electron chi connectivity index (χ2n) is 3.82. The smallest absolute Gasteiger partial charge is 0.352 e. The summed E-state index contributed by atoms with van der Waals surface area (Å²) >= 11 is 0. The molecule has 6 nitrogen and oxygen atoms in total. The number of aromatic hydroxyl groups is 1. The van der Waals surface area contributed by atoms with Crippen molar-refractivity contribution in [3.8, 4) is 11.5 Å². The van der Waals surface area contributed by atoms with E-state index in [-0.39, 0.29) is 11.3 Å². The number of ketones is 1. The van der Waals surface area contributed by atoms with E-state index in [0.717, 1.165) is 12.8 Å². The van der Waals surface area contributed by atoms with E-state index in [0.29, 0.717) is 6.61 Å². The molecule has 1 N–H and O–H groups in total. The Bertz CT molecular complexity index is 470. The standard InChI is InChI=1S/C12H15NO5/c1-3-4-7-18-10-6-5-9(8(2)14)12(15)11(10)13(16)17/h5-6,15H,3-4,7H2,1-2H3. The molecule has 0 amide bonds. The lowest BCUT2D eigenvalue weighted by Gasteiger charge is -2.08. The fraction of sp³-hybridized carbons (Fsp3) is 0.417. The maximum Gasteiger partial charge on any atom is 0.352 e. The van der Waals surface area contributed by atoms with Gasteiger partial charge in [-0.3, -0.25) is 14.9 Å². The molecule has 6 heteroatoms. The first-order valence-corrected chi connectivity index (χ1v) is 5.63. The first-order chi connectivity index (χ1) is 8.49. The second-order valence-corrected chi connectivity index (χ2v) is 3.82. The molecule has 1 aromatic carbocycles. The van der Waals surface area contributed by atoms with Crippen molar-refractivity contribution in [1.29, 1.82) is 0 Å². The van der Waals surface area contributed by atoms with Crippen LogP contribution in [0.1, 0.15) is 37.0 Å². The van der Waals surface area contributed by atoms with Gasteiger partial charge in [0, 0.05) is 0 Å². The number of nitro groups is 1. The van der Waals surface area contributed by atoms with E-state index in [2.05, 4.69) is 0 Å². The normalized spacial score (nSPS) is 10.1. The molecule has 18 heavy (non-hydrogen) atoms. The number of hydrogen-bond acceptors (Lipinski definition) is 5. The average Bonchev–Trinajstić information content (AvgIpc) is 2.28. The number of nitro benzene ring substituents is 1. The number of carbonyl (C=O) groups excluding carboxylic acids is 1. The van der Waals surface area contributed by atoms with Crippen molar-refractivity contribution < 1.29 is 19.6 Å². The molecule has 0 aliphatic rings. The summed E-state index contributed by atoms with van der Waals surface area (Å²) in [5.41, 5.74) is -0.636. The summed E-state index contributed by atoms with van der Waals surface area (Å²) < 4.78 is 5.24. The van der Waals surface area contributed by atoms with Gasteiger partial charge >= 0.3 is 5.69 Å². The number of phenols is 1. The predicted octanol–water partition coefficient (Wildman–Crippen LogP) is 2.68. The summed E-state index contributed by atoms with van der Waals surface area (Å²) in [6.07, 6.45) is 1.65. The summed E-state index contributed by atoms with van der Waals surface area (Å²) in [5.74, 6) is -1.09. The van der Waals surface area contributed by atoms with Gasteiger partial charge in [-0.2, -0.15) is 0 Å². The van der Waals surface area contributed by atoms with Gasteiger partial charge in [-0.05, 0) is 25.5 Å². The fourth-order valence-electron chi connectivity index (χ4n) is 1.46. The number of carbonyl (C=O) groups is 1. The Hall–Kier alpha value is -2.11. The number of benzene rings is 1. The molecule has 0 bridgehead atoms. The molecule has 0 fully saturated rings. The van der Waals surface area contributed by atoms with Crippen LogP contribution in [0.3, 0.4) is 0 Å². The van der Waals surface area contributed by atoms with Gasteiger partial charge in [-0.1, -0.05) is 13.3 Å². The Kier molecular flexibility index (Phi) is 4.65. The lowest BCUT2D eigenvalue weighted by atomic mass is 10.1. The van der Waals surface area contributed by atoms with Crippen molar-refractivity contribution in [3.05, 3.63) is 27.8 Å². The van der Waals surface area contributed by atoms with Crippen LogP contribution in [0.15, 0.2) is 12.1 Å². The number of rotatable bonds is 6. The van der Waals surface area contributed by atoms with Crippen LogP contribution in [0.4, 0.5) is 5.69 Å². The predicted molar refractivity (Wildman–Crippen MR) is 65.2 cm³/mol. The number of hydrogen-bond donors (Lipinski definition) is 1. The van der Waals surface area contributed by atoms with Crippen LogP contribution in [0.2, 0.25) is 0 Å². The highest BCUT2D eigenvalue weighted by Gasteiger charge is 2.25. The molecule has 0 heterocycles. The van der Waals surface area contributed by atoms with Crippen molar-refractivity contribution in [1.82, 2.24) is 0 Å². The largest absolute Gasteiger partial charge is 0.501 e. The van der Waals surface area contributed by atoms with Gasteiger partial charge in [0.2, 0.25) is 11.5 Å². The van der Waals surface area contributed by atoms with E-state index in [1.54, 1.807) is 0 Å². The van der Waals surface area contributed by atoms with E-state index in [9.17, 15) is 20.0 Å². The number of unbranched alkanes of at least 4 members (excludes halogenated alkanes) is 1. The monoisotopic (exact) mass is 253 g/mol. The minimum Gasteiger partial charge on any atom is -0.501 e. The lowest BCUT2D eigenvalue weighted by molar-refractivity contribution is -0.386. The highest BCUT2D eigenvalue weighted by Crippen LogP contribution is 2.38. The van der Waals surface area contributed by atoms with E-state index in [1.807, 2.05) is 6.92 Å². The minimum atomic E-state index is -0.747. The average molecular weight is 253 g/mol. The maximum absolute atomic E-state index is 11.2. The van der Waals surface area contributed by atoms with E-state index < -0.39 is 22.1 Å². The van der Waals surface area contributed by atoms with Gasteiger partial charge in [0.1, 0.15) is 0 Å². The molecule has 0 aromatic heterocycles. The van der Waals surface area contributed by atoms with Gasteiger partial charge in [0.25, 0.3) is 0 Å². The number of ether oxygens (including phenoxy) is 1. The Labute approximate surface area is 104 Å². The van der Waals surface area contributed by atoms with Gasteiger partial charge < -0.3 is 9.84 Å². The maximum atomic E-state index is 11.2. The minimum absolute atomic E-state index is 0.0176. The molecule has 1 rings (SSSR count). The first kappa shape index (κ1) is 14.0. The molecule has 0 saturated carbocycles. The highest BCUT2D eigenvalue weighted by molar-refractivity contribution is 5.98. The SMILES string of the molecule is CCCCOc1ccc(C(C)=O)c(O)c1[N+](=O)[O-]. The van der Waals surface area contributed by atoms with Crippen molar-refractivity contribution in [2.75, 3.05) is 6.61 Å². The summed E-state index contributed by atoms with van der Waals surface area (Å²) in [6, 6.07) is 2.66. The first-order valence-electron chi connectivity index (χ1n) is 5.63. The van der Waals surface area contributed by atoms with Crippen LogP contribution in [-0.2, 0) is 0 Å². The molecule has 0 saturated heterocycles. The van der Waals surface area contributed by atoms with Gasteiger partial charge in [-0.25, -0.2) is 0 Å². The summed E-state index contributed by atoms with van der Waals surface area (Å²) in [6.45, 7) is 3.53. The highest BCUT2D eigenvalue weighted by atomic mass is 16.6. The number of phenolic OH excluding ortho intramolecular Hbond substituents is 1. The Morgan fingerprint density at radius 1 is 1.50 bits per heavy atom. The van der Waals surface area contributed by atoms with Crippen LogP contribution >= 0.6 is 0 Å². The number of Topliss-reactive ketones (excluding diaryl/α,β-unsaturated/α-hetero) is 1. The third-order valence-electron chi connectivity index (χ3n) is 2.43. The van der Waals surface area contributed by atoms with Gasteiger partial charge in [-0.15, -0.1) is 0 Å². The Morgan fingerprint density at radius 3 is 2.67 bits per heavy atom. The third kappa shape index (κ3) is 2.97. The molecular formula is C12H15NO5. The lowest BCUT2D eigenvalue weighted by Crippen LogP contribution is -2.03. The van der Waals surface area contributed by atoms with Crippen LogP contribution in [0.25, 0.3) is 0 Å². The summed E-state index contributed by atoms with van der Waals surface area (Å²) in [4.78, 5) is 21.3. The Morgan fingerprint density at radius 2 is 2.17 bits per heavy atom. The topological polar surface area (TPSA) is 89.7 Å². The van der Waals surface area contributed by atoms with Crippen molar-refractivity contribution in [2.24, 2.45) is 0 Å². The van der Waals surface area contributed by atoms with E-state index >= 15 is 0 Å². The van der Waals surface area contributed by atoms with Crippen molar-refractivity contribution in [2.45, 2.75) is 26.7 Å². The molecule has 0 aliphatic carbocycles. The van der Waals surface area contributed by atoms with Crippen LogP contribution < -0.4 is 4.74 Å². The van der Waals surface area contributed by atoms with Crippen molar-refractivity contribution in [3.63, 3.8) is 0 Å². The third-order valence-corrected chi connectivity index (χ3v) is 2.43. The van der Waals surface area contributed by atoms with Gasteiger partial charge in [0.15, 0.2) is 5.78 Å². The molecule has 0 unspecified atom stereocenters. The summed E-state index contributed by atoms with van der Waals surface area (Å²) in [7, 11) is 0. The van der Waals surface area contributed by atoms with Crippen LogP contribution in [0.5, 0.6) is 11.5 Å². The zero-order valence-corrected chi connectivity index (χ0v) is 10.3. The fourth-order valence-corrected chi connectivity index (χ4v) is 1.46. The molecule has 0 spiro atoms. The van der Waals surface area contributed by atoms with Gasteiger partial charge in [0.05, 0.1) is 17.1 Å². The van der Waals surface area contributed by atoms with E-state index in [4.69, 9.17) is 4.74 Å². The molecule has 0 radical (unpaired) electrons. The molecule has 1 aromatic rings. The second kappa shape index (κ2) is 6.00. The number of nitrogens with zero attached hydrogens (tertiary/aromatic N) is 1. The van der Waals surface area contributed by atoms with E-state index in [1.165, 1.54) is 19.1 Å². The van der Waals surface area contributed by atoms with Crippen LogP contribution in [0, 0.1) is 10.1 Å². The molecule has 0 atom stereocenters. The molecule has 98 valence electrons. The van der Waals surface area contributed by atoms with Crippen molar-refractivity contribution >= 4 is 11.5 Å². The Balaban J connectivity index is 3.15. The zero-order chi connectivity index (χ0) is 13.7. The molecule has 0 aliphatic heterocycles. The quantitative estimate of drug-likeness (QED) is 0.364. The van der Waals surface area contributed by atoms with Crippen LogP contribution in [-0.4, -0.2) is 22.4 Å². The molecular weight excluding hydrogens is 238 g/mol.